The third-order valence-electron chi connectivity index (χ3n) is 2.49. The maximum Gasteiger partial charge on any atom is 0.307 e. The van der Waals surface area contributed by atoms with Crippen molar-refractivity contribution in [3.63, 3.8) is 0 Å². The second-order valence-corrected chi connectivity index (χ2v) is 3.50. The Morgan fingerprint density at radius 2 is 2.18 bits per heavy atom. The number of nitriles is 1. The van der Waals surface area contributed by atoms with Crippen LogP contribution in [-0.4, -0.2) is 11.1 Å². The molecule has 3 nitrogen and oxygen atoms in total. The highest BCUT2D eigenvalue weighted by molar-refractivity contribution is 5.72. The minimum atomic E-state index is -2.78. The van der Waals surface area contributed by atoms with Crippen LogP contribution in [0.2, 0.25) is 0 Å². The van der Waals surface area contributed by atoms with Crippen molar-refractivity contribution >= 4 is 5.97 Å². The van der Waals surface area contributed by atoms with Crippen molar-refractivity contribution in [1.82, 2.24) is 0 Å². The molecule has 17 heavy (non-hydrogen) atoms. The number of benzene rings is 1. The molecule has 0 aliphatic carbocycles. The molecule has 1 N–H and O–H groups in total. The van der Waals surface area contributed by atoms with Crippen LogP contribution in [0, 0.1) is 11.3 Å². The number of hydrogen-bond donors (Lipinski definition) is 1. The summed E-state index contributed by atoms with van der Waals surface area (Å²) in [5.41, 5.74) is 0.205. The number of hydrogen-bond acceptors (Lipinski definition) is 2. The maximum atomic E-state index is 12.7. The van der Waals surface area contributed by atoms with Crippen LogP contribution in [0.15, 0.2) is 12.1 Å². The van der Waals surface area contributed by atoms with E-state index in [1.54, 1.807) is 6.92 Å². The Balaban J connectivity index is 3.45. The molecule has 5 heteroatoms. The van der Waals surface area contributed by atoms with E-state index in [2.05, 4.69) is 0 Å². The summed E-state index contributed by atoms with van der Waals surface area (Å²) in [5.74, 6) is -1.23. The van der Waals surface area contributed by atoms with Crippen LogP contribution in [0.3, 0.4) is 0 Å². The van der Waals surface area contributed by atoms with Gasteiger partial charge in [0.2, 0.25) is 0 Å². The lowest BCUT2D eigenvalue weighted by Crippen LogP contribution is -2.08. The number of carbonyl (C=O) groups is 1. The lowest BCUT2D eigenvalue weighted by Gasteiger charge is -2.12. The van der Waals surface area contributed by atoms with Crippen molar-refractivity contribution in [1.29, 1.82) is 5.26 Å². The van der Waals surface area contributed by atoms with Crippen molar-refractivity contribution in [3.05, 3.63) is 34.4 Å². The van der Waals surface area contributed by atoms with Gasteiger partial charge >= 0.3 is 5.97 Å². The molecule has 0 saturated carbocycles. The summed E-state index contributed by atoms with van der Waals surface area (Å²) in [5, 5.41) is 17.7. The molecule has 0 fully saturated rings. The zero-order valence-electron chi connectivity index (χ0n) is 9.20. The average Bonchev–Trinajstić information content (AvgIpc) is 2.27. The maximum absolute atomic E-state index is 12.7. The number of aryl methyl sites for hydroxylation is 1. The van der Waals surface area contributed by atoms with E-state index in [0.29, 0.717) is 12.0 Å². The van der Waals surface area contributed by atoms with E-state index in [0.717, 1.165) is 0 Å². The second kappa shape index (κ2) is 5.39. The largest absolute Gasteiger partial charge is 0.481 e. The summed E-state index contributed by atoms with van der Waals surface area (Å²) in [7, 11) is 0. The third kappa shape index (κ3) is 2.78. The molecule has 0 aliphatic rings. The number of halogens is 2. The molecule has 0 spiro atoms. The van der Waals surface area contributed by atoms with Crippen LogP contribution < -0.4 is 0 Å². The van der Waals surface area contributed by atoms with Crippen LogP contribution in [0.4, 0.5) is 8.78 Å². The molecule has 1 aromatic rings. The van der Waals surface area contributed by atoms with Gasteiger partial charge in [0.05, 0.1) is 18.1 Å². The fourth-order valence-electron chi connectivity index (χ4n) is 1.69. The molecule has 0 aromatic heterocycles. The molecule has 1 aromatic carbocycles. The molecule has 0 unspecified atom stereocenters. The zero-order chi connectivity index (χ0) is 13.0. The average molecular weight is 239 g/mol. The molecule has 0 amide bonds. The van der Waals surface area contributed by atoms with Crippen molar-refractivity contribution in [2.75, 3.05) is 0 Å². The summed E-state index contributed by atoms with van der Waals surface area (Å²) in [6.45, 7) is 1.78. The summed E-state index contributed by atoms with van der Waals surface area (Å²) in [6, 6.07) is 4.47. The van der Waals surface area contributed by atoms with Crippen LogP contribution in [-0.2, 0) is 17.6 Å². The molecule has 0 bridgehead atoms. The van der Waals surface area contributed by atoms with Gasteiger partial charge in [-0.25, -0.2) is 8.78 Å². The predicted molar refractivity (Wildman–Crippen MR) is 56.8 cm³/mol. The summed E-state index contributed by atoms with van der Waals surface area (Å²) in [4.78, 5) is 10.7. The van der Waals surface area contributed by atoms with Gasteiger partial charge in [-0.1, -0.05) is 19.1 Å². The Hall–Kier alpha value is -1.96. The Labute approximate surface area is 97.3 Å². The smallest absolute Gasteiger partial charge is 0.307 e. The van der Waals surface area contributed by atoms with Gasteiger partial charge < -0.3 is 5.11 Å². The van der Waals surface area contributed by atoms with E-state index in [1.165, 1.54) is 12.1 Å². The van der Waals surface area contributed by atoms with E-state index in [1.807, 2.05) is 6.07 Å². The molecule has 0 radical (unpaired) electrons. The van der Waals surface area contributed by atoms with Crippen LogP contribution in [0.25, 0.3) is 0 Å². The van der Waals surface area contributed by atoms with Crippen molar-refractivity contribution in [3.8, 4) is 6.07 Å². The third-order valence-corrected chi connectivity index (χ3v) is 2.49. The van der Waals surface area contributed by atoms with Crippen LogP contribution in [0.5, 0.6) is 0 Å². The minimum Gasteiger partial charge on any atom is -0.481 e. The lowest BCUT2D eigenvalue weighted by atomic mass is 9.93. The van der Waals surface area contributed by atoms with Gasteiger partial charge in [0.1, 0.15) is 0 Å². The highest BCUT2D eigenvalue weighted by Crippen LogP contribution is 2.28. The molecular weight excluding hydrogens is 228 g/mol. The van der Waals surface area contributed by atoms with E-state index in [-0.39, 0.29) is 16.7 Å². The molecular formula is C12H11F2NO2. The van der Waals surface area contributed by atoms with E-state index in [9.17, 15) is 13.6 Å². The zero-order valence-corrected chi connectivity index (χ0v) is 9.20. The van der Waals surface area contributed by atoms with E-state index < -0.39 is 18.8 Å². The van der Waals surface area contributed by atoms with Gasteiger partial charge in [-0.15, -0.1) is 0 Å². The van der Waals surface area contributed by atoms with Crippen molar-refractivity contribution in [2.24, 2.45) is 0 Å². The Kier molecular flexibility index (Phi) is 4.16. The first kappa shape index (κ1) is 13.1. The SMILES string of the molecule is CCc1ccc(C(F)F)c(CC(=O)O)c1C#N. The molecule has 0 saturated heterocycles. The number of carboxylic acids is 1. The fraction of sp³-hybridized carbons (Fsp3) is 0.333. The van der Waals surface area contributed by atoms with Gasteiger partial charge in [-0.2, -0.15) is 5.26 Å². The summed E-state index contributed by atoms with van der Waals surface area (Å²) < 4.78 is 25.5. The van der Waals surface area contributed by atoms with Crippen molar-refractivity contribution in [2.45, 2.75) is 26.2 Å². The predicted octanol–water partition coefficient (Wildman–Crippen LogP) is 2.69. The van der Waals surface area contributed by atoms with Gasteiger partial charge in [0.25, 0.3) is 6.43 Å². The van der Waals surface area contributed by atoms with Gasteiger partial charge in [0.15, 0.2) is 0 Å². The van der Waals surface area contributed by atoms with Gasteiger partial charge in [-0.05, 0) is 17.5 Å². The van der Waals surface area contributed by atoms with Gasteiger partial charge in [-0.3, -0.25) is 4.79 Å². The van der Waals surface area contributed by atoms with E-state index in [4.69, 9.17) is 10.4 Å². The molecule has 0 atom stereocenters. The lowest BCUT2D eigenvalue weighted by molar-refractivity contribution is -0.136. The molecule has 1 rings (SSSR count). The minimum absolute atomic E-state index is 0.0627. The Morgan fingerprint density at radius 3 is 2.59 bits per heavy atom. The quantitative estimate of drug-likeness (QED) is 0.878. The van der Waals surface area contributed by atoms with Crippen molar-refractivity contribution < 1.29 is 18.7 Å². The number of carboxylic acid groups (broad SMARTS) is 1. The summed E-state index contributed by atoms with van der Waals surface area (Å²) >= 11 is 0. The number of alkyl halides is 2. The molecule has 0 heterocycles. The number of nitrogens with zero attached hydrogens (tertiary/aromatic N) is 1. The first-order valence-corrected chi connectivity index (χ1v) is 5.05. The highest BCUT2D eigenvalue weighted by Gasteiger charge is 2.20. The monoisotopic (exact) mass is 239 g/mol. The Bertz CT molecular complexity index is 478. The standard InChI is InChI=1S/C12H11F2NO2/c1-2-7-3-4-8(12(13)14)9(5-11(16)17)10(7)6-15/h3-4,12H,2,5H2,1H3,(H,16,17). The first-order valence-electron chi connectivity index (χ1n) is 5.05. The highest BCUT2D eigenvalue weighted by atomic mass is 19.3. The van der Waals surface area contributed by atoms with Crippen LogP contribution >= 0.6 is 0 Å². The number of aliphatic carboxylic acids is 1. The fourth-order valence-corrected chi connectivity index (χ4v) is 1.69. The number of rotatable bonds is 4. The van der Waals surface area contributed by atoms with Gasteiger partial charge in [0, 0.05) is 5.56 Å². The van der Waals surface area contributed by atoms with E-state index >= 15 is 0 Å². The first-order chi connectivity index (χ1) is 8.01. The Morgan fingerprint density at radius 1 is 1.53 bits per heavy atom. The second-order valence-electron chi connectivity index (χ2n) is 3.50. The molecule has 0 aliphatic heterocycles. The topological polar surface area (TPSA) is 61.1 Å². The molecule has 90 valence electrons. The normalized spacial score (nSPS) is 10.3. The van der Waals surface area contributed by atoms with Crippen LogP contribution in [0.1, 0.15) is 35.6 Å². The summed E-state index contributed by atoms with van der Waals surface area (Å²) in [6.07, 6.45) is -2.84.